The highest BCUT2D eigenvalue weighted by Crippen LogP contribution is 2.22. The summed E-state index contributed by atoms with van der Waals surface area (Å²) in [6.45, 7) is 9.35. The Morgan fingerprint density at radius 1 is 1.30 bits per heavy atom. The summed E-state index contributed by atoms with van der Waals surface area (Å²) in [5.74, 6) is 1.64. The molecule has 0 saturated carbocycles. The monoisotopic (exact) mass is 510 g/mol. The van der Waals surface area contributed by atoms with Crippen molar-refractivity contribution in [3.8, 4) is 5.75 Å². The molecule has 2 N–H and O–H groups in total. The van der Waals surface area contributed by atoms with Gasteiger partial charge in [0.15, 0.2) is 5.96 Å². The number of hydrogen-bond acceptors (Lipinski definition) is 4. The van der Waals surface area contributed by atoms with Crippen LogP contribution < -0.4 is 15.4 Å². The Morgan fingerprint density at radius 2 is 2.07 bits per heavy atom. The maximum absolute atomic E-state index is 6.29. The minimum atomic E-state index is 0. The van der Waals surface area contributed by atoms with Crippen molar-refractivity contribution in [1.82, 2.24) is 15.5 Å². The molecule has 0 aliphatic carbocycles. The second kappa shape index (κ2) is 14.3. The number of guanidine groups is 1. The molecule has 1 aliphatic heterocycles. The van der Waals surface area contributed by atoms with Gasteiger partial charge in [-0.25, -0.2) is 0 Å². The molecule has 8 heteroatoms. The molecule has 6 nitrogen and oxygen atoms in total. The molecule has 1 aliphatic rings. The van der Waals surface area contributed by atoms with Crippen LogP contribution in [0.5, 0.6) is 5.75 Å². The second-order valence-corrected chi connectivity index (χ2v) is 6.61. The zero-order valence-corrected chi connectivity index (χ0v) is 19.4. The molecule has 0 amide bonds. The van der Waals surface area contributed by atoms with Crippen LogP contribution in [0.1, 0.15) is 18.9 Å². The molecular formula is C19H32ClIN4O2. The van der Waals surface area contributed by atoms with Gasteiger partial charge in [-0.15, -0.1) is 24.0 Å². The second-order valence-electron chi connectivity index (χ2n) is 6.20. The van der Waals surface area contributed by atoms with Gasteiger partial charge in [-0.2, -0.15) is 0 Å². The van der Waals surface area contributed by atoms with E-state index < -0.39 is 0 Å². The SMILES string of the molecule is CCNC(=NCCCN1CCOCC1)NCCc1ccc(OC)cc1Cl.I. The van der Waals surface area contributed by atoms with Crippen molar-refractivity contribution >= 4 is 41.5 Å². The topological polar surface area (TPSA) is 58.1 Å². The van der Waals surface area contributed by atoms with Gasteiger partial charge in [0.05, 0.1) is 20.3 Å². The number of hydrogen-bond donors (Lipinski definition) is 2. The number of benzene rings is 1. The van der Waals surface area contributed by atoms with Gasteiger partial charge in [-0.05, 0) is 37.5 Å². The molecule has 0 spiro atoms. The molecule has 2 rings (SSSR count). The zero-order valence-electron chi connectivity index (χ0n) is 16.3. The number of nitrogens with one attached hydrogen (secondary N) is 2. The van der Waals surface area contributed by atoms with E-state index >= 15 is 0 Å². The standard InChI is InChI=1S/C19H31ClN4O2.HI/c1-3-21-19(22-8-4-10-24-11-13-26-14-12-24)23-9-7-16-5-6-17(25-2)15-18(16)20;/h5-6,15H,3-4,7-14H2,1-2H3,(H2,21,22,23);1H. The Bertz CT molecular complexity index is 569. The zero-order chi connectivity index (χ0) is 18.6. The number of ether oxygens (including phenoxy) is 2. The van der Waals surface area contributed by atoms with Crippen molar-refractivity contribution in [2.75, 3.05) is 59.6 Å². The molecule has 0 bridgehead atoms. The fourth-order valence-corrected chi connectivity index (χ4v) is 3.09. The lowest BCUT2D eigenvalue weighted by Crippen LogP contribution is -2.39. The first-order chi connectivity index (χ1) is 12.7. The highest BCUT2D eigenvalue weighted by atomic mass is 127. The average Bonchev–Trinajstić information content (AvgIpc) is 2.67. The average molecular weight is 511 g/mol. The van der Waals surface area contributed by atoms with E-state index in [0.29, 0.717) is 0 Å². The Hall–Kier alpha value is -0.770. The number of rotatable bonds is 9. The van der Waals surface area contributed by atoms with Crippen LogP contribution in [-0.4, -0.2) is 70.5 Å². The molecule has 1 saturated heterocycles. The number of methoxy groups -OCH3 is 1. The summed E-state index contributed by atoms with van der Waals surface area (Å²) in [5.41, 5.74) is 1.10. The minimum Gasteiger partial charge on any atom is -0.497 e. The molecule has 0 radical (unpaired) electrons. The molecular weight excluding hydrogens is 479 g/mol. The summed E-state index contributed by atoms with van der Waals surface area (Å²) in [4.78, 5) is 7.10. The largest absolute Gasteiger partial charge is 0.497 e. The molecule has 1 heterocycles. The Kier molecular flexibility index (Phi) is 12.8. The molecule has 1 fully saturated rings. The molecule has 1 aromatic carbocycles. The van der Waals surface area contributed by atoms with Crippen LogP contribution in [0.4, 0.5) is 0 Å². The van der Waals surface area contributed by atoms with Crippen molar-refractivity contribution in [1.29, 1.82) is 0 Å². The lowest BCUT2D eigenvalue weighted by atomic mass is 10.1. The van der Waals surface area contributed by atoms with Crippen molar-refractivity contribution in [2.24, 2.45) is 4.99 Å². The third-order valence-corrected chi connectivity index (χ3v) is 4.65. The summed E-state index contributed by atoms with van der Waals surface area (Å²) in [7, 11) is 1.64. The first-order valence-electron chi connectivity index (χ1n) is 9.37. The van der Waals surface area contributed by atoms with Crippen LogP contribution in [0.2, 0.25) is 5.02 Å². The van der Waals surface area contributed by atoms with Crippen LogP contribution in [0.25, 0.3) is 0 Å². The van der Waals surface area contributed by atoms with Crippen molar-refractivity contribution in [2.45, 2.75) is 19.8 Å². The van der Waals surface area contributed by atoms with Gasteiger partial charge in [0.25, 0.3) is 0 Å². The van der Waals surface area contributed by atoms with Gasteiger partial charge < -0.3 is 20.1 Å². The van der Waals surface area contributed by atoms with Crippen molar-refractivity contribution in [3.63, 3.8) is 0 Å². The van der Waals surface area contributed by atoms with Gasteiger partial charge >= 0.3 is 0 Å². The van der Waals surface area contributed by atoms with Gasteiger partial charge in [0.2, 0.25) is 0 Å². The van der Waals surface area contributed by atoms with Crippen molar-refractivity contribution < 1.29 is 9.47 Å². The van der Waals surface area contributed by atoms with Gasteiger partial charge in [0.1, 0.15) is 5.75 Å². The normalized spacial score (nSPS) is 15.1. The first-order valence-corrected chi connectivity index (χ1v) is 9.75. The predicted octanol–water partition coefficient (Wildman–Crippen LogP) is 2.79. The predicted molar refractivity (Wildman–Crippen MR) is 123 cm³/mol. The molecule has 154 valence electrons. The number of halogens is 2. The van der Waals surface area contributed by atoms with Gasteiger partial charge in [-0.1, -0.05) is 17.7 Å². The number of morpholine rings is 1. The van der Waals surface area contributed by atoms with Crippen LogP contribution >= 0.6 is 35.6 Å². The minimum absolute atomic E-state index is 0. The summed E-state index contributed by atoms with van der Waals surface area (Å²) >= 11 is 6.29. The van der Waals surface area contributed by atoms with E-state index in [2.05, 4.69) is 27.4 Å². The molecule has 1 aromatic rings. The molecule has 27 heavy (non-hydrogen) atoms. The number of aliphatic imine (C=N–C) groups is 1. The lowest BCUT2D eigenvalue weighted by molar-refractivity contribution is 0.0377. The molecule has 0 atom stereocenters. The van der Waals surface area contributed by atoms with E-state index in [1.54, 1.807) is 7.11 Å². The summed E-state index contributed by atoms with van der Waals surface area (Å²) in [5, 5.41) is 7.41. The molecule has 0 aromatic heterocycles. The van der Waals surface area contributed by atoms with Crippen LogP contribution in [0, 0.1) is 0 Å². The van der Waals surface area contributed by atoms with E-state index in [4.69, 9.17) is 21.1 Å². The van der Waals surface area contributed by atoms with E-state index in [0.717, 1.165) is 87.6 Å². The highest BCUT2D eigenvalue weighted by Gasteiger charge is 2.09. The van der Waals surface area contributed by atoms with Gasteiger partial charge in [-0.3, -0.25) is 9.89 Å². The maximum atomic E-state index is 6.29. The first kappa shape index (κ1) is 24.3. The lowest BCUT2D eigenvalue weighted by Gasteiger charge is -2.26. The van der Waals surface area contributed by atoms with Gasteiger partial charge in [0, 0.05) is 44.3 Å². The van der Waals surface area contributed by atoms with E-state index in [1.807, 2.05) is 18.2 Å². The Labute approximate surface area is 185 Å². The van der Waals surface area contributed by atoms with E-state index in [9.17, 15) is 0 Å². The molecule has 0 unspecified atom stereocenters. The third-order valence-electron chi connectivity index (χ3n) is 4.30. The summed E-state index contributed by atoms with van der Waals surface area (Å²) in [6, 6.07) is 5.79. The van der Waals surface area contributed by atoms with Crippen LogP contribution in [0.15, 0.2) is 23.2 Å². The fraction of sp³-hybridized carbons (Fsp3) is 0.632. The third kappa shape index (κ3) is 9.32. The van der Waals surface area contributed by atoms with E-state index in [-0.39, 0.29) is 24.0 Å². The van der Waals surface area contributed by atoms with Crippen LogP contribution in [-0.2, 0) is 11.2 Å². The fourth-order valence-electron chi connectivity index (χ4n) is 2.83. The summed E-state index contributed by atoms with van der Waals surface area (Å²) in [6.07, 6.45) is 1.89. The van der Waals surface area contributed by atoms with Crippen LogP contribution in [0.3, 0.4) is 0 Å². The maximum Gasteiger partial charge on any atom is 0.191 e. The highest BCUT2D eigenvalue weighted by molar-refractivity contribution is 14.0. The Morgan fingerprint density at radius 3 is 2.74 bits per heavy atom. The quantitative estimate of drug-likeness (QED) is 0.232. The Balaban J connectivity index is 0.00000364. The summed E-state index contributed by atoms with van der Waals surface area (Å²) < 4.78 is 10.6. The smallest absolute Gasteiger partial charge is 0.191 e. The van der Waals surface area contributed by atoms with E-state index in [1.165, 1.54) is 0 Å². The van der Waals surface area contributed by atoms with Crippen molar-refractivity contribution in [3.05, 3.63) is 28.8 Å². The number of nitrogens with zero attached hydrogens (tertiary/aromatic N) is 2.